The molecule has 1 spiro atoms. The van der Waals surface area contributed by atoms with Crippen LogP contribution in [0.3, 0.4) is 0 Å². The largest absolute Gasteiger partial charge is 0.459 e. The fraction of sp³-hybridized carbons (Fsp3) is 0.864. The van der Waals surface area contributed by atoms with Crippen molar-refractivity contribution in [3.05, 3.63) is 11.3 Å². The number of cyclic esters (lactones) is 1. The summed E-state index contributed by atoms with van der Waals surface area (Å²) in [6.45, 7) is 0.202. The molecule has 3 amide bonds. The standard InChI is InChI=1S/C44H66N4O8S/c1-54-24-25-55-43(53)47-32-18-10-8-16-30(32)44(41(47)52)34(39(50)46-42-45-31-17-9-11-19-33(31)57-42)36-40(51)56-37(27-14-6-3-7-15-27)35(26-12-4-2-5-13-26)48(36)38(44)28-20-22-29(49)23-21-28/h26-29,31,33-38,42,45,49H,2-25H2,1H3,(H,46,50)/t28?,29?,31?,33?,34-,35-,36-,37+,38+,42?,44-/m0/s1. The summed E-state index contributed by atoms with van der Waals surface area (Å²) >= 11 is 1.76. The van der Waals surface area contributed by atoms with E-state index in [4.69, 9.17) is 14.2 Å². The second-order valence-corrected chi connectivity index (χ2v) is 20.3. The molecule has 9 rings (SSSR count). The number of aliphatic hydroxyl groups excluding tert-OH is 1. The molecule has 0 aromatic heterocycles. The molecule has 4 aliphatic heterocycles. The molecule has 3 N–H and O–H groups in total. The highest BCUT2D eigenvalue weighted by Gasteiger charge is 2.77. The fourth-order valence-electron chi connectivity index (χ4n) is 13.6. The Bertz CT molecular complexity index is 1540. The van der Waals surface area contributed by atoms with Crippen LogP contribution in [0.5, 0.6) is 0 Å². The van der Waals surface area contributed by atoms with Crippen LogP contribution in [0, 0.1) is 29.1 Å². The maximum Gasteiger partial charge on any atom is 0.421 e. The monoisotopic (exact) mass is 810 g/mol. The van der Waals surface area contributed by atoms with Crippen molar-refractivity contribution in [1.82, 2.24) is 20.4 Å². The van der Waals surface area contributed by atoms with Crippen LogP contribution < -0.4 is 10.6 Å². The van der Waals surface area contributed by atoms with Crippen molar-refractivity contribution in [3.63, 3.8) is 0 Å². The Balaban J connectivity index is 1.21. The SMILES string of the molecule is COCCOC(=O)N1C(=O)[C@@]2(C3=C1CCCC3)[C@H](C(=O)NC1NC3CCCCC3S1)[C@H]1C(=O)O[C@H](C3CCCCC3)[C@H](C3CCCCC3)N1[C@@H]2C1CCC(O)CC1. The summed E-state index contributed by atoms with van der Waals surface area (Å²) in [5.74, 6) is -1.76. The van der Waals surface area contributed by atoms with Gasteiger partial charge in [0.2, 0.25) is 11.8 Å². The minimum absolute atomic E-state index is 0.00336. The zero-order chi connectivity index (χ0) is 39.3. The molecule has 9 atom stereocenters. The van der Waals surface area contributed by atoms with Crippen LogP contribution in [0.4, 0.5) is 4.79 Å². The first-order chi connectivity index (χ1) is 27.8. The van der Waals surface area contributed by atoms with E-state index in [1.807, 2.05) is 0 Å². The first-order valence-corrected chi connectivity index (χ1v) is 23.9. The number of carbonyl (C=O) groups excluding carboxylic acids is 4. The van der Waals surface area contributed by atoms with Crippen LogP contribution in [0.2, 0.25) is 0 Å². The van der Waals surface area contributed by atoms with Crippen LogP contribution >= 0.6 is 11.8 Å². The Morgan fingerprint density at radius 1 is 0.842 bits per heavy atom. The van der Waals surface area contributed by atoms with Crippen LogP contribution in [0.1, 0.15) is 141 Å². The third-order valence-corrected chi connectivity index (χ3v) is 17.4. The van der Waals surface area contributed by atoms with Gasteiger partial charge in [-0.2, -0.15) is 0 Å². The summed E-state index contributed by atoms with van der Waals surface area (Å²) in [6, 6.07) is -1.29. The molecule has 0 aromatic rings. The number of nitrogens with zero attached hydrogens (tertiary/aromatic N) is 2. The number of fused-ring (bicyclic) bond motifs is 3. The highest BCUT2D eigenvalue weighted by Crippen LogP contribution is 2.64. The second-order valence-electron chi connectivity index (χ2n) is 18.9. The number of ether oxygens (including phenoxy) is 3. The zero-order valence-electron chi connectivity index (χ0n) is 34.0. The van der Waals surface area contributed by atoms with Crippen molar-refractivity contribution < 1.29 is 38.5 Å². The minimum Gasteiger partial charge on any atom is -0.459 e. The molecule has 4 saturated carbocycles. The topological polar surface area (TPSA) is 147 Å². The Morgan fingerprint density at radius 3 is 2.25 bits per heavy atom. The number of imide groups is 1. The molecule has 57 heavy (non-hydrogen) atoms. The Kier molecular flexibility index (Phi) is 12.0. The third-order valence-electron chi connectivity index (χ3n) is 15.9. The molecule has 0 bridgehead atoms. The van der Waals surface area contributed by atoms with Crippen LogP contribution in [-0.4, -0.2) is 106 Å². The van der Waals surface area contributed by atoms with E-state index in [1.165, 1.54) is 24.2 Å². The molecule has 7 fully saturated rings. The van der Waals surface area contributed by atoms with Crippen molar-refractivity contribution in [3.8, 4) is 0 Å². The van der Waals surface area contributed by atoms with Gasteiger partial charge in [-0.1, -0.05) is 51.4 Å². The molecular weight excluding hydrogens is 745 g/mol. The molecule has 316 valence electrons. The molecular formula is C44H66N4O8S. The van der Waals surface area contributed by atoms with Crippen molar-refractivity contribution in [2.45, 2.75) is 188 Å². The van der Waals surface area contributed by atoms with Gasteiger partial charge >= 0.3 is 12.1 Å². The molecule has 12 nitrogen and oxygen atoms in total. The normalized spacial score (nSPS) is 40.5. The van der Waals surface area contributed by atoms with E-state index in [-0.39, 0.29) is 60.5 Å². The molecule has 9 aliphatic rings. The number of aliphatic hydroxyl groups is 1. The first-order valence-electron chi connectivity index (χ1n) is 22.9. The molecule has 4 heterocycles. The predicted octanol–water partition coefficient (Wildman–Crippen LogP) is 6.15. The molecule has 3 unspecified atom stereocenters. The lowest BCUT2D eigenvalue weighted by Gasteiger charge is -2.53. The van der Waals surface area contributed by atoms with E-state index in [2.05, 4.69) is 15.5 Å². The van der Waals surface area contributed by atoms with Gasteiger partial charge in [0.15, 0.2) is 0 Å². The van der Waals surface area contributed by atoms with Crippen molar-refractivity contribution in [2.75, 3.05) is 20.3 Å². The number of morpholine rings is 1. The summed E-state index contributed by atoms with van der Waals surface area (Å²) in [5, 5.41) is 18.4. The summed E-state index contributed by atoms with van der Waals surface area (Å²) in [6.07, 6.45) is 19.3. The number of methoxy groups -OCH3 is 1. The van der Waals surface area contributed by atoms with E-state index in [1.54, 1.807) is 18.9 Å². The first kappa shape index (κ1) is 40.2. The van der Waals surface area contributed by atoms with Gasteiger partial charge in [0.25, 0.3) is 0 Å². The number of thioether (sulfide) groups is 1. The van der Waals surface area contributed by atoms with Crippen molar-refractivity contribution in [1.29, 1.82) is 0 Å². The average Bonchev–Trinajstić information content (AvgIpc) is 3.87. The lowest BCUT2D eigenvalue weighted by Crippen LogP contribution is -2.66. The van der Waals surface area contributed by atoms with Crippen LogP contribution in [0.15, 0.2) is 11.3 Å². The van der Waals surface area contributed by atoms with Gasteiger partial charge in [0.1, 0.15) is 29.7 Å². The van der Waals surface area contributed by atoms with E-state index in [0.717, 1.165) is 89.0 Å². The lowest BCUT2D eigenvalue weighted by molar-refractivity contribution is -0.190. The van der Waals surface area contributed by atoms with Gasteiger partial charge in [0.05, 0.1) is 24.7 Å². The molecule has 5 aliphatic carbocycles. The fourth-order valence-corrected chi connectivity index (χ4v) is 15.1. The van der Waals surface area contributed by atoms with Gasteiger partial charge in [-0.05, 0) is 113 Å². The summed E-state index contributed by atoms with van der Waals surface area (Å²) in [7, 11) is 1.55. The molecule has 0 radical (unpaired) electrons. The summed E-state index contributed by atoms with van der Waals surface area (Å²) < 4.78 is 17.8. The van der Waals surface area contributed by atoms with Gasteiger partial charge in [-0.3, -0.25) is 24.6 Å². The Hall–Kier alpha value is -2.19. The van der Waals surface area contributed by atoms with Gasteiger partial charge in [0, 0.05) is 30.1 Å². The van der Waals surface area contributed by atoms with Crippen molar-refractivity contribution in [2.24, 2.45) is 29.1 Å². The maximum atomic E-state index is 16.1. The zero-order valence-corrected chi connectivity index (χ0v) is 34.8. The predicted molar refractivity (Wildman–Crippen MR) is 214 cm³/mol. The van der Waals surface area contributed by atoms with Gasteiger partial charge in [-0.25, -0.2) is 9.69 Å². The van der Waals surface area contributed by atoms with E-state index >= 15 is 14.4 Å². The number of hydrogen-bond donors (Lipinski definition) is 3. The van der Waals surface area contributed by atoms with Gasteiger partial charge < -0.3 is 24.6 Å². The number of allylic oxidation sites excluding steroid dienone is 1. The van der Waals surface area contributed by atoms with Crippen molar-refractivity contribution >= 4 is 35.6 Å². The molecule has 13 heteroatoms. The molecule has 3 saturated heterocycles. The highest BCUT2D eigenvalue weighted by molar-refractivity contribution is 8.00. The van der Waals surface area contributed by atoms with E-state index in [9.17, 15) is 9.90 Å². The number of hydrogen-bond acceptors (Lipinski definition) is 11. The number of esters is 1. The van der Waals surface area contributed by atoms with Crippen LogP contribution in [-0.2, 0) is 28.6 Å². The smallest absolute Gasteiger partial charge is 0.421 e. The Morgan fingerprint density at radius 2 is 1.53 bits per heavy atom. The number of rotatable bonds is 8. The third kappa shape index (κ3) is 7.08. The lowest BCUT2D eigenvalue weighted by atomic mass is 9.60. The number of nitrogens with one attached hydrogen (secondary N) is 2. The number of amides is 3. The minimum atomic E-state index is -1.46. The average molecular weight is 811 g/mol. The summed E-state index contributed by atoms with van der Waals surface area (Å²) in [4.78, 5) is 64.9. The second kappa shape index (κ2) is 17.1. The Labute approximate surface area is 342 Å². The quantitative estimate of drug-likeness (QED) is 0.192. The van der Waals surface area contributed by atoms with E-state index in [0.29, 0.717) is 55.5 Å². The van der Waals surface area contributed by atoms with Crippen LogP contribution in [0.25, 0.3) is 0 Å². The summed E-state index contributed by atoms with van der Waals surface area (Å²) in [5.41, 5.74) is -0.271. The highest BCUT2D eigenvalue weighted by atomic mass is 32.2. The van der Waals surface area contributed by atoms with E-state index < -0.39 is 41.5 Å². The van der Waals surface area contributed by atoms with Gasteiger partial charge in [-0.15, -0.1) is 11.8 Å². The molecule has 0 aromatic carbocycles. The number of carbonyl (C=O) groups is 4. The maximum absolute atomic E-state index is 16.1.